The Morgan fingerprint density at radius 2 is 1.82 bits per heavy atom. The van der Waals surface area contributed by atoms with E-state index in [1.54, 1.807) is 12.1 Å². The Kier molecular flexibility index (Phi) is 3.62. The molecule has 0 bridgehead atoms. The van der Waals surface area contributed by atoms with E-state index in [1.807, 2.05) is 42.5 Å². The number of aliphatic hydroxyl groups excluding tert-OH is 1. The van der Waals surface area contributed by atoms with Gasteiger partial charge in [0.15, 0.2) is 0 Å². The fourth-order valence-corrected chi connectivity index (χ4v) is 1.65. The van der Waals surface area contributed by atoms with Crippen molar-refractivity contribution in [1.29, 1.82) is 0 Å². The van der Waals surface area contributed by atoms with E-state index in [0.717, 1.165) is 11.3 Å². The molecule has 4 N–H and O–H groups in total. The molecule has 0 fully saturated rings. The second-order valence-electron chi connectivity index (χ2n) is 3.93. The van der Waals surface area contributed by atoms with Gasteiger partial charge in [-0.15, -0.1) is 0 Å². The molecule has 0 aliphatic heterocycles. The highest BCUT2D eigenvalue weighted by Gasteiger charge is 2.06. The Bertz CT molecular complexity index is 471. The molecular weight excluding hydrogens is 212 g/mol. The van der Waals surface area contributed by atoms with Gasteiger partial charge in [0.2, 0.25) is 0 Å². The largest absolute Gasteiger partial charge is 0.399 e. The van der Waals surface area contributed by atoms with Gasteiger partial charge in [-0.25, -0.2) is 0 Å². The van der Waals surface area contributed by atoms with E-state index >= 15 is 0 Å². The summed E-state index contributed by atoms with van der Waals surface area (Å²) >= 11 is 0. The van der Waals surface area contributed by atoms with Crippen LogP contribution in [0.25, 0.3) is 0 Å². The second-order valence-corrected chi connectivity index (χ2v) is 3.93. The second kappa shape index (κ2) is 5.37. The Morgan fingerprint density at radius 1 is 1.06 bits per heavy atom. The van der Waals surface area contributed by atoms with Crippen LogP contribution in [0.2, 0.25) is 0 Å². The predicted octanol–water partition coefficient (Wildman–Crippen LogP) is 2.41. The van der Waals surface area contributed by atoms with Gasteiger partial charge in [0.1, 0.15) is 0 Å². The van der Waals surface area contributed by atoms with Gasteiger partial charge >= 0.3 is 0 Å². The zero-order valence-electron chi connectivity index (χ0n) is 9.51. The van der Waals surface area contributed by atoms with Crippen molar-refractivity contribution in [2.75, 3.05) is 17.6 Å². The van der Waals surface area contributed by atoms with Gasteiger partial charge in [0.05, 0.1) is 6.10 Å². The molecule has 0 saturated carbocycles. The van der Waals surface area contributed by atoms with Crippen LogP contribution >= 0.6 is 0 Å². The minimum Gasteiger partial charge on any atom is -0.399 e. The van der Waals surface area contributed by atoms with Crippen molar-refractivity contribution in [3.8, 4) is 0 Å². The number of para-hydroxylation sites is 1. The molecule has 2 aromatic carbocycles. The maximum atomic E-state index is 9.99. The first-order chi connectivity index (χ1) is 8.25. The summed E-state index contributed by atoms with van der Waals surface area (Å²) in [5.41, 5.74) is 8.16. The number of hydrogen-bond donors (Lipinski definition) is 3. The minimum atomic E-state index is -0.557. The average Bonchev–Trinajstić information content (AvgIpc) is 2.37. The Morgan fingerprint density at radius 3 is 2.53 bits per heavy atom. The summed E-state index contributed by atoms with van der Waals surface area (Å²) < 4.78 is 0. The average molecular weight is 228 g/mol. The van der Waals surface area contributed by atoms with Gasteiger partial charge in [-0.1, -0.05) is 30.3 Å². The summed E-state index contributed by atoms with van der Waals surface area (Å²) in [5, 5.41) is 13.2. The molecule has 0 aromatic heterocycles. The van der Waals surface area contributed by atoms with Crippen molar-refractivity contribution in [2.24, 2.45) is 0 Å². The molecule has 1 unspecified atom stereocenters. The van der Waals surface area contributed by atoms with Crippen LogP contribution in [-0.4, -0.2) is 11.7 Å². The van der Waals surface area contributed by atoms with E-state index < -0.39 is 6.10 Å². The zero-order valence-corrected chi connectivity index (χ0v) is 9.51. The maximum Gasteiger partial charge on any atom is 0.0963 e. The molecule has 1 atom stereocenters. The van der Waals surface area contributed by atoms with Crippen LogP contribution in [0.3, 0.4) is 0 Å². The van der Waals surface area contributed by atoms with E-state index in [0.29, 0.717) is 12.2 Å². The number of aliphatic hydroxyl groups is 1. The van der Waals surface area contributed by atoms with E-state index in [2.05, 4.69) is 5.32 Å². The van der Waals surface area contributed by atoms with Crippen molar-refractivity contribution in [1.82, 2.24) is 0 Å². The SMILES string of the molecule is Nc1cccc(C(O)CNc2ccccc2)c1. The normalized spacial score (nSPS) is 12.1. The zero-order chi connectivity index (χ0) is 12.1. The van der Waals surface area contributed by atoms with Gasteiger partial charge in [0, 0.05) is 17.9 Å². The molecule has 3 nitrogen and oxygen atoms in total. The molecule has 2 aromatic rings. The van der Waals surface area contributed by atoms with Crippen LogP contribution in [0.5, 0.6) is 0 Å². The van der Waals surface area contributed by atoms with E-state index in [9.17, 15) is 5.11 Å². The molecule has 0 saturated heterocycles. The van der Waals surface area contributed by atoms with E-state index in [4.69, 9.17) is 5.73 Å². The molecule has 0 radical (unpaired) electrons. The fourth-order valence-electron chi connectivity index (χ4n) is 1.65. The van der Waals surface area contributed by atoms with Crippen molar-refractivity contribution >= 4 is 11.4 Å². The summed E-state index contributed by atoms with van der Waals surface area (Å²) in [5.74, 6) is 0. The van der Waals surface area contributed by atoms with Gasteiger partial charge in [0.25, 0.3) is 0 Å². The van der Waals surface area contributed by atoms with Gasteiger partial charge < -0.3 is 16.2 Å². The quantitative estimate of drug-likeness (QED) is 0.704. The number of nitrogens with two attached hydrogens (primary N) is 1. The molecule has 0 aliphatic carbocycles. The van der Waals surface area contributed by atoms with Gasteiger partial charge in [-0.05, 0) is 29.8 Å². The van der Waals surface area contributed by atoms with Crippen LogP contribution in [0.15, 0.2) is 54.6 Å². The number of nitrogens with one attached hydrogen (secondary N) is 1. The van der Waals surface area contributed by atoms with Crippen molar-refractivity contribution in [3.05, 3.63) is 60.2 Å². The summed E-state index contributed by atoms with van der Waals surface area (Å²) in [6.45, 7) is 0.466. The van der Waals surface area contributed by atoms with E-state index in [-0.39, 0.29) is 0 Å². The fraction of sp³-hybridized carbons (Fsp3) is 0.143. The van der Waals surface area contributed by atoms with Gasteiger partial charge in [-0.3, -0.25) is 0 Å². The van der Waals surface area contributed by atoms with Crippen molar-refractivity contribution < 1.29 is 5.11 Å². The Labute approximate surface area is 101 Å². The molecule has 0 aliphatic rings. The first kappa shape index (κ1) is 11.5. The third-order valence-electron chi connectivity index (χ3n) is 2.57. The first-order valence-corrected chi connectivity index (χ1v) is 5.58. The molecule has 0 spiro atoms. The summed E-state index contributed by atoms with van der Waals surface area (Å²) in [6.07, 6.45) is -0.557. The van der Waals surface area contributed by atoms with Crippen LogP contribution in [-0.2, 0) is 0 Å². The minimum absolute atomic E-state index is 0.466. The monoisotopic (exact) mass is 228 g/mol. The summed E-state index contributed by atoms with van der Waals surface area (Å²) in [7, 11) is 0. The molecule has 88 valence electrons. The first-order valence-electron chi connectivity index (χ1n) is 5.58. The summed E-state index contributed by atoms with van der Waals surface area (Å²) in [6, 6.07) is 17.1. The molecule has 0 amide bonds. The van der Waals surface area contributed by atoms with Crippen LogP contribution in [0.1, 0.15) is 11.7 Å². The highest BCUT2D eigenvalue weighted by atomic mass is 16.3. The lowest BCUT2D eigenvalue weighted by molar-refractivity contribution is 0.191. The highest BCUT2D eigenvalue weighted by Crippen LogP contribution is 2.16. The number of benzene rings is 2. The molecular formula is C14H16N2O. The van der Waals surface area contributed by atoms with Gasteiger partial charge in [-0.2, -0.15) is 0 Å². The van der Waals surface area contributed by atoms with Crippen LogP contribution < -0.4 is 11.1 Å². The van der Waals surface area contributed by atoms with Crippen LogP contribution in [0, 0.1) is 0 Å². The third kappa shape index (κ3) is 3.23. The molecule has 17 heavy (non-hydrogen) atoms. The Balaban J connectivity index is 1.96. The predicted molar refractivity (Wildman–Crippen MR) is 70.7 cm³/mol. The third-order valence-corrected chi connectivity index (χ3v) is 2.57. The smallest absolute Gasteiger partial charge is 0.0963 e. The van der Waals surface area contributed by atoms with Crippen LogP contribution in [0.4, 0.5) is 11.4 Å². The lowest BCUT2D eigenvalue weighted by Gasteiger charge is -2.13. The molecule has 2 rings (SSSR count). The number of anilines is 2. The lowest BCUT2D eigenvalue weighted by Crippen LogP contribution is -2.12. The lowest BCUT2D eigenvalue weighted by atomic mass is 10.1. The standard InChI is InChI=1S/C14H16N2O/c15-12-6-4-5-11(9-12)14(17)10-16-13-7-2-1-3-8-13/h1-9,14,16-17H,10,15H2. The number of hydrogen-bond acceptors (Lipinski definition) is 3. The molecule has 3 heteroatoms. The maximum absolute atomic E-state index is 9.99. The number of nitrogen functional groups attached to an aromatic ring is 1. The summed E-state index contributed by atoms with van der Waals surface area (Å²) in [4.78, 5) is 0. The Hall–Kier alpha value is -2.00. The van der Waals surface area contributed by atoms with E-state index in [1.165, 1.54) is 0 Å². The van der Waals surface area contributed by atoms with Crippen molar-refractivity contribution in [2.45, 2.75) is 6.10 Å². The molecule has 0 heterocycles. The topological polar surface area (TPSA) is 58.3 Å². The highest BCUT2D eigenvalue weighted by molar-refractivity contribution is 5.44. The number of rotatable bonds is 4. The van der Waals surface area contributed by atoms with Crippen molar-refractivity contribution in [3.63, 3.8) is 0 Å².